The molecule has 0 unspecified atom stereocenters. The van der Waals surface area contributed by atoms with Gasteiger partial charge >= 0.3 is 0 Å². The van der Waals surface area contributed by atoms with Gasteiger partial charge in [0.15, 0.2) is 0 Å². The van der Waals surface area contributed by atoms with Crippen molar-refractivity contribution < 1.29 is 18.4 Å². The van der Waals surface area contributed by atoms with Crippen LogP contribution in [0.3, 0.4) is 0 Å². The van der Waals surface area contributed by atoms with Gasteiger partial charge in [-0.05, 0) is 12.5 Å². The molecule has 1 rings (SSSR count). The largest absolute Gasteiger partial charge is 0.368 e. The summed E-state index contributed by atoms with van der Waals surface area (Å²) in [6.45, 7) is 1.86. The molecule has 0 aliphatic carbocycles. The molecule has 17 heavy (non-hydrogen) atoms. The van der Waals surface area contributed by atoms with Crippen LogP contribution < -0.4 is 5.73 Å². The molecule has 1 saturated heterocycles. The molecule has 2 atom stereocenters. The molecule has 0 bridgehead atoms. The minimum atomic E-state index is -1.80. The molecule has 91 valence electrons. The normalized spacial score (nSPS) is 20.8. The monoisotopic (exact) mass is 239 g/mol. The summed E-state index contributed by atoms with van der Waals surface area (Å²) in [5.74, 6) is -1.42. The molecule has 0 aromatic carbocycles. The fourth-order valence-corrected chi connectivity index (χ4v) is 1.93. The Kier molecular flexibility index (Phi) is 6.43. The third-order valence-corrected chi connectivity index (χ3v) is 2.64. The summed E-state index contributed by atoms with van der Waals surface area (Å²) >= 11 is 0. The van der Waals surface area contributed by atoms with Crippen LogP contribution in [0, 0.1) is 5.92 Å². The van der Waals surface area contributed by atoms with Gasteiger partial charge in [-0.1, -0.05) is 6.92 Å². The van der Waals surface area contributed by atoms with Gasteiger partial charge in [-0.3, -0.25) is 9.59 Å². The van der Waals surface area contributed by atoms with Crippen molar-refractivity contribution in [2.24, 2.45) is 11.7 Å². The number of carbonyl (C=O) groups is 2. The first-order valence-electron chi connectivity index (χ1n) is 5.07. The summed E-state index contributed by atoms with van der Waals surface area (Å²) in [7, 11) is 0. The van der Waals surface area contributed by atoms with Gasteiger partial charge in [-0.15, -0.1) is 0 Å². The third-order valence-electron chi connectivity index (χ3n) is 2.64. The summed E-state index contributed by atoms with van der Waals surface area (Å²) in [5.41, 5.74) is 5.14. The van der Waals surface area contributed by atoms with E-state index in [1.165, 1.54) is 4.90 Å². The molecule has 1 fully saturated rings. The molecule has 2 N–H and O–H groups in total. The van der Waals surface area contributed by atoms with Gasteiger partial charge in [-0.2, -0.15) is 8.78 Å². The third kappa shape index (κ3) is 4.13. The minimum Gasteiger partial charge on any atom is -0.368 e. The summed E-state index contributed by atoms with van der Waals surface area (Å²) in [4.78, 5) is 23.9. The fourth-order valence-electron chi connectivity index (χ4n) is 1.93. The zero-order chi connectivity index (χ0) is 12.3. The maximum Gasteiger partial charge on any atom is 0.266 e. The fraction of sp³-hybridized carbons (Fsp3) is 0.600. The molecular weight excluding hydrogens is 225 g/mol. The number of nitrogens with zero attached hydrogens (tertiary/aromatic N) is 1. The number of primary amides is 1. The maximum absolute atomic E-state index is 12.0. The van der Waals surface area contributed by atoms with Crippen LogP contribution in [-0.2, 0) is 9.59 Å². The second-order valence-corrected chi connectivity index (χ2v) is 3.79. The summed E-state index contributed by atoms with van der Waals surface area (Å²) < 4.78 is 24.0. The average Bonchev–Trinajstić information content (AvgIpc) is 2.46. The van der Waals surface area contributed by atoms with E-state index in [1.54, 1.807) is 6.92 Å². The van der Waals surface area contributed by atoms with Crippen LogP contribution in [0.4, 0.5) is 8.78 Å². The number of carbonyl (C=O) groups excluding carboxylic acids is 2. The average molecular weight is 239 g/mol. The molecule has 1 heterocycles. The Hall–Kier alpha value is -0.863. The number of hydrogen-bond acceptors (Lipinski definition) is 2. The van der Waals surface area contributed by atoms with Gasteiger partial charge in [0.2, 0.25) is 11.8 Å². The van der Waals surface area contributed by atoms with Gasteiger partial charge in [-0.25, -0.2) is 0 Å². The molecule has 7 heteroatoms. The Morgan fingerprint density at radius 3 is 2.65 bits per heavy atom. The molecular formula is C10H14F2LiN2O2. The first kappa shape index (κ1) is 16.1. The van der Waals surface area contributed by atoms with Crippen LogP contribution in [0.2, 0.25) is 0 Å². The minimum absolute atomic E-state index is 0. The van der Waals surface area contributed by atoms with Gasteiger partial charge in [0.05, 0.1) is 0 Å². The standard InChI is InChI=1S/C10H14F2N2O2.Li/c1-2-7(10(13)16)14-5-6(3-8(11)12)4-9(14)15;/h3,6-7H,2,4-5H2,1H3,(H2,13,16);/t6-,7+;/m1./s1. The Balaban J connectivity index is 0.00000256. The van der Waals surface area contributed by atoms with Crippen molar-refractivity contribution in [2.45, 2.75) is 25.8 Å². The van der Waals surface area contributed by atoms with E-state index < -0.39 is 23.9 Å². The SMILES string of the molecule is CC[C@@H](C(N)=O)N1C[C@H](C=C(F)F)CC1=O.[Li]. The van der Waals surface area contributed by atoms with E-state index in [9.17, 15) is 18.4 Å². The van der Waals surface area contributed by atoms with Crippen LogP contribution in [0.15, 0.2) is 12.2 Å². The van der Waals surface area contributed by atoms with E-state index in [4.69, 9.17) is 5.73 Å². The zero-order valence-corrected chi connectivity index (χ0v) is 9.95. The smallest absolute Gasteiger partial charge is 0.266 e. The molecule has 0 spiro atoms. The molecule has 0 saturated carbocycles. The van der Waals surface area contributed by atoms with Gasteiger partial charge in [0.25, 0.3) is 6.08 Å². The van der Waals surface area contributed by atoms with Crippen molar-refractivity contribution in [3.8, 4) is 0 Å². The van der Waals surface area contributed by atoms with Gasteiger partial charge < -0.3 is 10.6 Å². The Bertz CT molecular complexity index is 332. The van der Waals surface area contributed by atoms with Crippen LogP contribution in [0.1, 0.15) is 19.8 Å². The molecule has 2 amide bonds. The molecule has 1 aliphatic rings. The van der Waals surface area contributed by atoms with Gasteiger partial charge in [0, 0.05) is 37.7 Å². The number of likely N-dealkylation sites (tertiary alicyclic amines) is 1. The van der Waals surface area contributed by atoms with Gasteiger partial charge in [0.1, 0.15) is 6.04 Å². The van der Waals surface area contributed by atoms with E-state index in [0.29, 0.717) is 6.42 Å². The zero-order valence-electron chi connectivity index (χ0n) is 9.95. The first-order chi connectivity index (χ1) is 7.45. The Morgan fingerprint density at radius 1 is 1.65 bits per heavy atom. The van der Waals surface area contributed by atoms with Crippen molar-refractivity contribution in [1.29, 1.82) is 0 Å². The van der Waals surface area contributed by atoms with Crippen LogP contribution in [0.5, 0.6) is 0 Å². The van der Waals surface area contributed by atoms with E-state index in [1.807, 2.05) is 0 Å². The van der Waals surface area contributed by atoms with Crippen molar-refractivity contribution in [2.75, 3.05) is 6.54 Å². The van der Waals surface area contributed by atoms with E-state index in [2.05, 4.69) is 0 Å². The van der Waals surface area contributed by atoms with Crippen LogP contribution in [-0.4, -0.2) is 48.2 Å². The Labute approximate surface area is 110 Å². The van der Waals surface area contributed by atoms with Crippen molar-refractivity contribution in [3.63, 3.8) is 0 Å². The number of rotatable bonds is 4. The summed E-state index contributed by atoms with van der Waals surface area (Å²) in [6, 6.07) is -0.687. The van der Waals surface area contributed by atoms with Crippen molar-refractivity contribution in [3.05, 3.63) is 12.2 Å². The number of halogens is 2. The summed E-state index contributed by atoms with van der Waals surface area (Å²) in [5, 5.41) is 0. The second-order valence-electron chi connectivity index (χ2n) is 3.79. The molecule has 4 nitrogen and oxygen atoms in total. The number of amides is 2. The first-order valence-corrected chi connectivity index (χ1v) is 5.07. The summed E-state index contributed by atoms with van der Waals surface area (Å²) in [6.07, 6.45) is -0.630. The Morgan fingerprint density at radius 2 is 2.24 bits per heavy atom. The van der Waals surface area contributed by atoms with E-state index in [0.717, 1.165) is 6.08 Å². The predicted molar refractivity (Wildman–Crippen MR) is 59.1 cm³/mol. The van der Waals surface area contributed by atoms with Crippen LogP contribution in [0.25, 0.3) is 0 Å². The maximum atomic E-state index is 12.0. The quantitative estimate of drug-likeness (QED) is 0.726. The molecule has 1 radical (unpaired) electrons. The molecule has 0 aromatic rings. The van der Waals surface area contributed by atoms with E-state index in [-0.39, 0.29) is 37.7 Å². The van der Waals surface area contributed by atoms with E-state index >= 15 is 0 Å². The number of hydrogen-bond donors (Lipinski definition) is 1. The predicted octanol–water partition coefficient (Wildman–Crippen LogP) is 0.498. The second kappa shape index (κ2) is 6.77. The van der Waals surface area contributed by atoms with Crippen molar-refractivity contribution >= 4 is 30.7 Å². The molecule has 1 aliphatic heterocycles. The number of nitrogens with two attached hydrogens (primary N) is 1. The topological polar surface area (TPSA) is 63.4 Å². The molecule has 0 aromatic heterocycles. The van der Waals surface area contributed by atoms with Crippen LogP contribution >= 0.6 is 0 Å². The van der Waals surface area contributed by atoms with Crippen molar-refractivity contribution in [1.82, 2.24) is 4.90 Å².